The molecule has 1 N–H and O–H groups in total. The molecule has 1 unspecified atom stereocenters. The Morgan fingerprint density at radius 1 is 1.25 bits per heavy atom. The van der Waals surface area contributed by atoms with Crippen LogP contribution in [-0.4, -0.2) is 78.6 Å². The summed E-state index contributed by atoms with van der Waals surface area (Å²) in [6, 6.07) is 4.02. The molecule has 0 aliphatic carbocycles. The van der Waals surface area contributed by atoms with Crippen molar-refractivity contribution in [2.75, 3.05) is 45.9 Å². The largest absolute Gasteiger partial charge is 0.366 e. The highest BCUT2D eigenvalue weighted by molar-refractivity contribution is 5.81. The Morgan fingerprint density at radius 3 is 2.75 bits per heavy atom. The first-order chi connectivity index (χ1) is 13.7. The van der Waals surface area contributed by atoms with E-state index in [1.807, 2.05) is 21.9 Å². The summed E-state index contributed by atoms with van der Waals surface area (Å²) < 4.78 is 5.62. The third kappa shape index (κ3) is 4.36. The molecule has 1 spiro atoms. The maximum absolute atomic E-state index is 12.7. The molecule has 3 saturated heterocycles. The van der Waals surface area contributed by atoms with Crippen LogP contribution < -0.4 is 5.32 Å². The normalized spacial score (nSPS) is 25.1. The van der Waals surface area contributed by atoms with Gasteiger partial charge in [0.15, 0.2) is 0 Å². The first-order valence-electron chi connectivity index (χ1n) is 10.4. The monoisotopic (exact) mass is 386 g/mol. The Hall–Kier alpha value is -1.99. The van der Waals surface area contributed by atoms with Crippen LogP contribution in [0.25, 0.3) is 0 Å². The lowest BCUT2D eigenvalue weighted by molar-refractivity contribution is -0.150. The predicted octanol–water partition coefficient (Wildman–Crippen LogP) is 0.844. The van der Waals surface area contributed by atoms with E-state index in [4.69, 9.17) is 4.74 Å². The van der Waals surface area contributed by atoms with Crippen molar-refractivity contribution in [2.45, 2.75) is 38.2 Å². The van der Waals surface area contributed by atoms with Gasteiger partial charge in [-0.1, -0.05) is 0 Å². The number of likely N-dealkylation sites (tertiary alicyclic amines) is 2. The molecule has 0 bridgehead atoms. The minimum atomic E-state index is -0.340. The quantitative estimate of drug-likeness (QED) is 0.830. The average Bonchev–Trinajstić information content (AvgIpc) is 2.76. The third-order valence-electron chi connectivity index (χ3n) is 6.51. The fourth-order valence-corrected chi connectivity index (χ4v) is 4.66. The summed E-state index contributed by atoms with van der Waals surface area (Å²) in [5.41, 5.74) is 1.37. The first-order valence-corrected chi connectivity index (χ1v) is 10.4. The molecule has 4 rings (SSSR count). The highest BCUT2D eigenvalue weighted by Gasteiger charge is 2.42. The Kier molecular flexibility index (Phi) is 5.92. The van der Waals surface area contributed by atoms with Crippen molar-refractivity contribution in [2.24, 2.45) is 5.41 Å². The Bertz CT molecular complexity index is 682. The first kappa shape index (κ1) is 19.3. The summed E-state index contributed by atoms with van der Waals surface area (Å²) in [4.78, 5) is 33.2. The van der Waals surface area contributed by atoms with Gasteiger partial charge in [0.25, 0.3) is 5.91 Å². The highest BCUT2D eigenvalue weighted by atomic mass is 16.5. The second-order valence-corrected chi connectivity index (χ2v) is 8.31. The standard InChI is InChI=1S/C21H30N4O3/c26-19-1-5-21(16-25(19)11-4-17-2-8-22-9-3-17)6-12-24(13-7-21)20(27)18-15-23-10-14-28-18/h2-3,8-9,18,23H,1,4-7,10-16H2. The zero-order chi connectivity index (χ0) is 19.4. The van der Waals surface area contributed by atoms with Crippen molar-refractivity contribution in [1.82, 2.24) is 20.1 Å². The number of carbonyl (C=O) groups is 2. The van der Waals surface area contributed by atoms with Crippen molar-refractivity contribution in [1.29, 1.82) is 0 Å². The van der Waals surface area contributed by atoms with Gasteiger partial charge in [-0.2, -0.15) is 0 Å². The van der Waals surface area contributed by atoms with Crippen LogP contribution in [0.3, 0.4) is 0 Å². The zero-order valence-corrected chi connectivity index (χ0v) is 16.4. The topological polar surface area (TPSA) is 74.8 Å². The summed E-state index contributed by atoms with van der Waals surface area (Å²) in [7, 11) is 0. The molecule has 152 valence electrons. The lowest BCUT2D eigenvalue weighted by Crippen LogP contribution is -2.55. The van der Waals surface area contributed by atoms with Crippen molar-refractivity contribution in [3.05, 3.63) is 30.1 Å². The summed E-state index contributed by atoms with van der Waals surface area (Å²) >= 11 is 0. The molecule has 7 heteroatoms. The molecule has 3 aliphatic rings. The molecule has 1 aromatic rings. The molecule has 2 amide bonds. The van der Waals surface area contributed by atoms with Gasteiger partial charge in [-0.25, -0.2) is 0 Å². The highest BCUT2D eigenvalue weighted by Crippen LogP contribution is 2.40. The molecule has 28 heavy (non-hydrogen) atoms. The molecule has 0 radical (unpaired) electrons. The number of hydrogen-bond donors (Lipinski definition) is 1. The molecular weight excluding hydrogens is 356 g/mol. The van der Waals surface area contributed by atoms with Crippen molar-refractivity contribution < 1.29 is 14.3 Å². The number of ether oxygens (including phenoxy) is 1. The van der Waals surface area contributed by atoms with E-state index in [1.54, 1.807) is 12.4 Å². The van der Waals surface area contributed by atoms with Gasteiger partial charge in [0.2, 0.25) is 5.91 Å². The van der Waals surface area contributed by atoms with E-state index in [0.717, 1.165) is 58.4 Å². The molecular formula is C21H30N4O3. The molecule has 0 saturated carbocycles. The summed E-state index contributed by atoms with van der Waals surface area (Å²) in [5.74, 6) is 0.378. The van der Waals surface area contributed by atoms with Crippen LogP contribution >= 0.6 is 0 Å². The minimum absolute atomic E-state index is 0.114. The predicted molar refractivity (Wildman–Crippen MR) is 105 cm³/mol. The Balaban J connectivity index is 1.31. The molecule has 3 fully saturated rings. The molecule has 1 aromatic heterocycles. The second kappa shape index (κ2) is 8.57. The fourth-order valence-electron chi connectivity index (χ4n) is 4.66. The van der Waals surface area contributed by atoms with Crippen molar-refractivity contribution in [3.8, 4) is 0 Å². The van der Waals surface area contributed by atoms with Gasteiger partial charge < -0.3 is 19.9 Å². The van der Waals surface area contributed by atoms with E-state index in [1.165, 1.54) is 5.56 Å². The lowest BCUT2D eigenvalue weighted by Gasteiger charge is -2.48. The van der Waals surface area contributed by atoms with Crippen LogP contribution in [0.15, 0.2) is 24.5 Å². The Morgan fingerprint density at radius 2 is 2.04 bits per heavy atom. The van der Waals surface area contributed by atoms with Crippen LogP contribution in [0.2, 0.25) is 0 Å². The SMILES string of the molecule is O=C1CCC2(CCN(C(=O)C3CNCCO3)CC2)CN1CCc1ccncc1. The van der Waals surface area contributed by atoms with E-state index in [0.29, 0.717) is 19.6 Å². The summed E-state index contributed by atoms with van der Waals surface area (Å²) in [6.07, 6.45) is 7.63. The average molecular weight is 386 g/mol. The number of aromatic nitrogens is 1. The van der Waals surface area contributed by atoms with E-state index in [9.17, 15) is 9.59 Å². The number of carbonyl (C=O) groups excluding carboxylic acids is 2. The van der Waals surface area contributed by atoms with Gasteiger partial charge in [-0.3, -0.25) is 14.6 Å². The number of nitrogens with zero attached hydrogens (tertiary/aromatic N) is 3. The zero-order valence-electron chi connectivity index (χ0n) is 16.4. The van der Waals surface area contributed by atoms with Crippen molar-refractivity contribution in [3.63, 3.8) is 0 Å². The number of piperidine rings is 2. The van der Waals surface area contributed by atoms with E-state index >= 15 is 0 Å². The number of amides is 2. The number of hydrogen-bond acceptors (Lipinski definition) is 5. The van der Waals surface area contributed by atoms with Crippen molar-refractivity contribution >= 4 is 11.8 Å². The van der Waals surface area contributed by atoms with Crippen LogP contribution in [-0.2, 0) is 20.7 Å². The van der Waals surface area contributed by atoms with Gasteiger partial charge in [0.05, 0.1) is 6.61 Å². The molecule has 4 heterocycles. The smallest absolute Gasteiger partial charge is 0.253 e. The number of morpholine rings is 1. The molecule has 3 aliphatic heterocycles. The number of pyridine rings is 1. The van der Waals surface area contributed by atoms with Gasteiger partial charge in [0.1, 0.15) is 6.10 Å². The van der Waals surface area contributed by atoms with E-state index in [-0.39, 0.29) is 23.3 Å². The van der Waals surface area contributed by atoms with Crippen LogP contribution in [0, 0.1) is 5.41 Å². The van der Waals surface area contributed by atoms with E-state index < -0.39 is 0 Å². The Labute approximate surface area is 166 Å². The summed E-state index contributed by atoms with van der Waals surface area (Å²) in [5, 5.41) is 3.23. The van der Waals surface area contributed by atoms with Gasteiger partial charge in [-0.05, 0) is 48.8 Å². The second-order valence-electron chi connectivity index (χ2n) is 8.31. The van der Waals surface area contributed by atoms with Crippen LogP contribution in [0.1, 0.15) is 31.2 Å². The van der Waals surface area contributed by atoms with E-state index in [2.05, 4.69) is 10.3 Å². The summed E-state index contributed by atoms with van der Waals surface area (Å²) in [6.45, 7) is 5.14. The van der Waals surface area contributed by atoms with Gasteiger partial charge in [0, 0.05) is 58.1 Å². The van der Waals surface area contributed by atoms with Crippen LogP contribution in [0.5, 0.6) is 0 Å². The van der Waals surface area contributed by atoms with Gasteiger partial charge >= 0.3 is 0 Å². The number of nitrogens with one attached hydrogen (secondary N) is 1. The van der Waals surface area contributed by atoms with Gasteiger partial charge in [-0.15, -0.1) is 0 Å². The molecule has 7 nitrogen and oxygen atoms in total. The van der Waals surface area contributed by atoms with Crippen LogP contribution in [0.4, 0.5) is 0 Å². The maximum Gasteiger partial charge on any atom is 0.253 e. The number of rotatable bonds is 4. The molecule has 1 atom stereocenters. The lowest BCUT2D eigenvalue weighted by atomic mass is 9.72. The maximum atomic E-state index is 12.7. The minimum Gasteiger partial charge on any atom is -0.366 e. The fraction of sp³-hybridized carbons (Fsp3) is 0.667. The third-order valence-corrected chi connectivity index (χ3v) is 6.51. The molecule has 0 aromatic carbocycles.